The number of hydrogen-bond acceptors (Lipinski definition) is 4. The molecule has 0 aliphatic heterocycles. The van der Waals surface area contributed by atoms with Gasteiger partial charge in [0.15, 0.2) is 0 Å². The molecule has 1 fully saturated rings. The lowest BCUT2D eigenvalue weighted by Crippen LogP contribution is -2.43. The quantitative estimate of drug-likeness (QED) is 0.620. The lowest BCUT2D eigenvalue weighted by atomic mass is 9.94. The van der Waals surface area contributed by atoms with Gasteiger partial charge in [0, 0.05) is 17.1 Å². The Morgan fingerprint density at radius 1 is 1.13 bits per heavy atom. The second kappa shape index (κ2) is 9.52. The summed E-state index contributed by atoms with van der Waals surface area (Å²) in [4.78, 5) is 32.9. The van der Waals surface area contributed by atoms with E-state index in [1.165, 1.54) is 19.3 Å². The SMILES string of the molecule is Cc1ccc2[nH]c(=O)c(CN(Cc3ccco3)C(=O)CN(C)C3CCCCC3)cc2c1. The number of likely N-dealkylation sites (N-methyl/N-ethyl adjacent to an activating group) is 1. The van der Waals surface area contributed by atoms with Gasteiger partial charge in [-0.2, -0.15) is 0 Å². The maximum atomic E-state index is 13.3. The predicted molar refractivity (Wildman–Crippen MR) is 122 cm³/mol. The van der Waals surface area contributed by atoms with E-state index in [-0.39, 0.29) is 18.0 Å². The smallest absolute Gasteiger partial charge is 0.253 e. The molecule has 1 aliphatic carbocycles. The number of carbonyl (C=O) groups excluding carboxylic acids is 1. The first-order valence-electron chi connectivity index (χ1n) is 11.1. The molecule has 0 atom stereocenters. The zero-order valence-electron chi connectivity index (χ0n) is 18.4. The number of nitrogens with one attached hydrogen (secondary N) is 1. The van der Waals surface area contributed by atoms with Crippen LogP contribution in [0.2, 0.25) is 0 Å². The summed E-state index contributed by atoms with van der Waals surface area (Å²) in [6, 6.07) is 12.0. The van der Waals surface area contributed by atoms with Gasteiger partial charge in [0.1, 0.15) is 5.76 Å². The molecule has 0 unspecified atom stereocenters. The van der Waals surface area contributed by atoms with E-state index in [1.807, 2.05) is 50.4 Å². The van der Waals surface area contributed by atoms with Gasteiger partial charge in [0.25, 0.3) is 5.56 Å². The molecule has 6 heteroatoms. The Labute approximate surface area is 182 Å². The van der Waals surface area contributed by atoms with E-state index in [0.29, 0.717) is 30.5 Å². The number of aromatic nitrogens is 1. The highest BCUT2D eigenvalue weighted by Crippen LogP contribution is 2.22. The van der Waals surface area contributed by atoms with Gasteiger partial charge < -0.3 is 14.3 Å². The molecule has 0 bridgehead atoms. The normalized spacial score (nSPS) is 14.9. The Kier molecular flexibility index (Phi) is 6.56. The topological polar surface area (TPSA) is 69.5 Å². The number of aryl methyl sites for hydroxylation is 1. The number of aromatic amines is 1. The van der Waals surface area contributed by atoms with Crippen molar-refractivity contribution < 1.29 is 9.21 Å². The van der Waals surface area contributed by atoms with Crippen molar-refractivity contribution in [2.75, 3.05) is 13.6 Å². The van der Waals surface area contributed by atoms with Crippen LogP contribution in [0.3, 0.4) is 0 Å². The fourth-order valence-electron chi connectivity index (χ4n) is 4.48. The fraction of sp³-hybridized carbons (Fsp3) is 0.440. The summed E-state index contributed by atoms with van der Waals surface area (Å²) < 4.78 is 5.50. The van der Waals surface area contributed by atoms with E-state index in [4.69, 9.17) is 4.42 Å². The third-order valence-electron chi connectivity index (χ3n) is 6.30. The van der Waals surface area contributed by atoms with E-state index < -0.39 is 0 Å². The Bertz CT molecular complexity index is 1080. The maximum absolute atomic E-state index is 13.3. The molecule has 0 spiro atoms. The van der Waals surface area contributed by atoms with Crippen LogP contribution in [-0.4, -0.2) is 40.3 Å². The Hall–Kier alpha value is -2.86. The standard InChI is InChI=1S/C25H31N3O3/c1-18-10-11-23-19(13-18)14-20(25(30)26-23)15-28(16-22-9-6-12-31-22)24(29)17-27(2)21-7-4-3-5-8-21/h6,9-14,21H,3-5,7-8,15-17H2,1-2H3,(H,26,30). The van der Waals surface area contributed by atoms with Crippen LogP contribution < -0.4 is 5.56 Å². The first-order chi connectivity index (χ1) is 15.0. The molecule has 2 heterocycles. The zero-order chi connectivity index (χ0) is 21.8. The number of H-pyrrole nitrogens is 1. The summed E-state index contributed by atoms with van der Waals surface area (Å²) >= 11 is 0. The zero-order valence-corrected chi connectivity index (χ0v) is 18.4. The molecule has 1 N–H and O–H groups in total. The molecule has 3 aromatic rings. The summed E-state index contributed by atoms with van der Waals surface area (Å²) in [6.45, 7) is 2.96. The molecule has 1 saturated carbocycles. The van der Waals surface area contributed by atoms with Crippen molar-refractivity contribution in [1.82, 2.24) is 14.8 Å². The minimum Gasteiger partial charge on any atom is -0.467 e. The van der Waals surface area contributed by atoms with Crippen LogP contribution in [0.5, 0.6) is 0 Å². The minimum atomic E-state index is -0.158. The Balaban J connectivity index is 1.56. The number of rotatable bonds is 7. The van der Waals surface area contributed by atoms with Crippen LogP contribution in [0, 0.1) is 6.92 Å². The van der Waals surface area contributed by atoms with Crippen LogP contribution in [0.15, 0.2) is 51.9 Å². The Morgan fingerprint density at radius 3 is 2.68 bits per heavy atom. The number of carbonyl (C=O) groups is 1. The van der Waals surface area contributed by atoms with Gasteiger partial charge in [-0.15, -0.1) is 0 Å². The summed E-state index contributed by atoms with van der Waals surface area (Å²) in [5, 5.41) is 0.972. The molecule has 1 aliphatic rings. The van der Waals surface area contributed by atoms with Gasteiger partial charge in [-0.1, -0.05) is 30.9 Å². The average molecular weight is 422 g/mol. The summed E-state index contributed by atoms with van der Waals surface area (Å²) in [5.74, 6) is 0.718. The molecule has 1 aromatic carbocycles. The van der Waals surface area contributed by atoms with Gasteiger partial charge in [-0.3, -0.25) is 14.5 Å². The summed E-state index contributed by atoms with van der Waals surface area (Å²) in [7, 11) is 2.03. The lowest BCUT2D eigenvalue weighted by Gasteiger charge is -2.32. The number of nitrogens with zero attached hydrogens (tertiary/aromatic N) is 2. The number of benzene rings is 1. The van der Waals surface area contributed by atoms with Crippen molar-refractivity contribution >= 4 is 16.8 Å². The van der Waals surface area contributed by atoms with Crippen LogP contribution >= 0.6 is 0 Å². The molecule has 31 heavy (non-hydrogen) atoms. The number of fused-ring (bicyclic) bond motifs is 1. The van der Waals surface area contributed by atoms with Crippen molar-refractivity contribution in [1.29, 1.82) is 0 Å². The third-order valence-corrected chi connectivity index (χ3v) is 6.30. The second-order valence-electron chi connectivity index (χ2n) is 8.75. The molecule has 0 radical (unpaired) electrons. The molecule has 0 saturated heterocycles. The molecule has 164 valence electrons. The van der Waals surface area contributed by atoms with Crippen LogP contribution in [0.4, 0.5) is 0 Å². The number of amides is 1. The van der Waals surface area contributed by atoms with Gasteiger partial charge >= 0.3 is 0 Å². The fourth-order valence-corrected chi connectivity index (χ4v) is 4.48. The van der Waals surface area contributed by atoms with E-state index in [2.05, 4.69) is 9.88 Å². The first kappa shape index (κ1) is 21.4. The van der Waals surface area contributed by atoms with Crippen molar-refractivity contribution in [2.45, 2.75) is 58.2 Å². The minimum absolute atomic E-state index is 0.00760. The molecule has 1 amide bonds. The molecular formula is C25H31N3O3. The average Bonchev–Trinajstić information content (AvgIpc) is 3.27. The molecular weight excluding hydrogens is 390 g/mol. The van der Waals surface area contributed by atoms with Crippen molar-refractivity contribution in [3.63, 3.8) is 0 Å². The number of furan rings is 1. The number of pyridine rings is 1. The lowest BCUT2D eigenvalue weighted by molar-refractivity contribution is -0.134. The monoisotopic (exact) mass is 421 g/mol. The van der Waals surface area contributed by atoms with Gasteiger partial charge in [0.2, 0.25) is 5.91 Å². The van der Waals surface area contributed by atoms with Crippen molar-refractivity contribution in [3.05, 3.63) is 69.9 Å². The van der Waals surface area contributed by atoms with Crippen molar-refractivity contribution in [2.24, 2.45) is 0 Å². The highest BCUT2D eigenvalue weighted by molar-refractivity contribution is 5.80. The second-order valence-corrected chi connectivity index (χ2v) is 8.75. The van der Waals surface area contributed by atoms with Gasteiger partial charge in [-0.05, 0) is 62.5 Å². The molecule has 6 nitrogen and oxygen atoms in total. The van der Waals surface area contributed by atoms with E-state index >= 15 is 0 Å². The highest BCUT2D eigenvalue weighted by Gasteiger charge is 2.24. The van der Waals surface area contributed by atoms with Gasteiger partial charge in [0.05, 0.1) is 25.9 Å². The van der Waals surface area contributed by atoms with Crippen molar-refractivity contribution in [3.8, 4) is 0 Å². The third kappa shape index (κ3) is 5.25. The largest absolute Gasteiger partial charge is 0.467 e. The first-order valence-corrected chi connectivity index (χ1v) is 11.1. The van der Waals surface area contributed by atoms with Crippen LogP contribution in [0.1, 0.15) is 49.0 Å². The number of hydrogen-bond donors (Lipinski definition) is 1. The van der Waals surface area contributed by atoms with E-state index in [9.17, 15) is 9.59 Å². The van der Waals surface area contributed by atoms with Crippen LogP contribution in [0.25, 0.3) is 10.9 Å². The maximum Gasteiger partial charge on any atom is 0.253 e. The van der Waals surface area contributed by atoms with Crippen LogP contribution in [-0.2, 0) is 17.9 Å². The van der Waals surface area contributed by atoms with Gasteiger partial charge in [-0.25, -0.2) is 0 Å². The van der Waals surface area contributed by atoms with E-state index in [1.54, 1.807) is 11.2 Å². The van der Waals surface area contributed by atoms with E-state index in [0.717, 1.165) is 29.3 Å². The summed E-state index contributed by atoms with van der Waals surface area (Å²) in [6.07, 6.45) is 7.64. The highest BCUT2D eigenvalue weighted by atomic mass is 16.3. The Morgan fingerprint density at radius 2 is 1.94 bits per heavy atom. The predicted octanol–water partition coefficient (Wildman–Crippen LogP) is 4.22. The molecule has 2 aromatic heterocycles. The molecule has 4 rings (SSSR count). The summed E-state index contributed by atoms with van der Waals surface area (Å²) in [5.41, 5.74) is 2.36.